The van der Waals surface area contributed by atoms with Gasteiger partial charge in [0, 0.05) is 6.61 Å². The summed E-state index contributed by atoms with van der Waals surface area (Å²) in [4.78, 5) is 11.0. The molecular formula is C14H18O4. The Morgan fingerprint density at radius 3 is 3.00 bits per heavy atom. The number of rotatable bonds is 6. The number of carbonyl (C=O) groups excluding carboxylic acids is 1. The van der Waals surface area contributed by atoms with Gasteiger partial charge in [-0.15, -0.1) is 0 Å². The average Bonchev–Trinajstić information content (AvgIpc) is 2.90. The lowest BCUT2D eigenvalue weighted by molar-refractivity contribution is 0.0662. The lowest BCUT2D eigenvalue weighted by atomic mass is 10.2. The van der Waals surface area contributed by atoms with E-state index in [1.807, 2.05) is 6.92 Å². The van der Waals surface area contributed by atoms with Crippen LogP contribution in [-0.4, -0.2) is 32.2 Å². The first kappa shape index (κ1) is 12.9. The van der Waals surface area contributed by atoms with Crippen LogP contribution < -0.4 is 9.47 Å². The summed E-state index contributed by atoms with van der Waals surface area (Å²) in [7, 11) is 0. The Morgan fingerprint density at radius 1 is 1.44 bits per heavy atom. The Balaban J connectivity index is 2.09. The smallest absolute Gasteiger partial charge is 0.171 e. The van der Waals surface area contributed by atoms with Gasteiger partial charge in [-0.2, -0.15) is 0 Å². The van der Waals surface area contributed by atoms with Crippen LogP contribution in [0, 0.1) is 0 Å². The summed E-state index contributed by atoms with van der Waals surface area (Å²) < 4.78 is 16.7. The molecule has 4 nitrogen and oxygen atoms in total. The Kier molecular flexibility index (Phi) is 4.59. The predicted octanol–water partition coefficient (Wildman–Crippen LogP) is 2.46. The molecule has 1 aliphatic rings. The molecule has 1 aromatic rings. The summed E-state index contributed by atoms with van der Waals surface area (Å²) in [5.74, 6) is 1.13. The van der Waals surface area contributed by atoms with Gasteiger partial charge < -0.3 is 14.2 Å². The second kappa shape index (κ2) is 6.40. The number of para-hydroxylation sites is 1. The Bertz CT molecular complexity index is 397. The molecule has 1 unspecified atom stereocenters. The van der Waals surface area contributed by atoms with Gasteiger partial charge in [-0.05, 0) is 31.9 Å². The van der Waals surface area contributed by atoms with Gasteiger partial charge >= 0.3 is 0 Å². The highest BCUT2D eigenvalue weighted by molar-refractivity contribution is 5.81. The molecular weight excluding hydrogens is 232 g/mol. The Labute approximate surface area is 107 Å². The molecule has 0 aromatic heterocycles. The highest BCUT2D eigenvalue weighted by Gasteiger charge is 2.18. The van der Waals surface area contributed by atoms with Crippen LogP contribution in [0.2, 0.25) is 0 Å². The molecule has 0 saturated carbocycles. The minimum atomic E-state index is 0.124. The van der Waals surface area contributed by atoms with Gasteiger partial charge in [-0.1, -0.05) is 6.07 Å². The Morgan fingerprint density at radius 2 is 2.33 bits per heavy atom. The molecule has 0 radical (unpaired) electrons. The number of hydrogen-bond donors (Lipinski definition) is 0. The number of ether oxygens (including phenoxy) is 3. The largest absolute Gasteiger partial charge is 0.490 e. The van der Waals surface area contributed by atoms with Crippen molar-refractivity contribution >= 4 is 6.29 Å². The van der Waals surface area contributed by atoms with Crippen molar-refractivity contribution in [3.8, 4) is 11.5 Å². The minimum absolute atomic E-state index is 0.124. The third-order valence-electron chi connectivity index (χ3n) is 2.87. The van der Waals surface area contributed by atoms with Crippen molar-refractivity contribution in [3.63, 3.8) is 0 Å². The standard InChI is InChI=1S/C14H18O4/c1-2-16-13-7-3-5-11(9-15)14(13)18-10-12-6-4-8-17-12/h3,5,7,9,12H,2,4,6,8,10H2,1H3. The van der Waals surface area contributed by atoms with Crippen LogP contribution in [-0.2, 0) is 4.74 Å². The third-order valence-corrected chi connectivity index (χ3v) is 2.87. The molecule has 18 heavy (non-hydrogen) atoms. The van der Waals surface area contributed by atoms with E-state index in [9.17, 15) is 4.79 Å². The fourth-order valence-electron chi connectivity index (χ4n) is 2.00. The monoisotopic (exact) mass is 250 g/mol. The number of hydrogen-bond acceptors (Lipinski definition) is 4. The third kappa shape index (κ3) is 3.01. The van der Waals surface area contributed by atoms with Crippen molar-refractivity contribution in [1.29, 1.82) is 0 Å². The van der Waals surface area contributed by atoms with Crippen molar-refractivity contribution in [2.24, 2.45) is 0 Å². The highest BCUT2D eigenvalue weighted by Crippen LogP contribution is 2.31. The van der Waals surface area contributed by atoms with Gasteiger partial charge in [-0.3, -0.25) is 4.79 Å². The van der Waals surface area contributed by atoms with E-state index in [0.29, 0.717) is 30.3 Å². The van der Waals surface area contributed by atoms with E-state index >= 15 is 0 Å². The summed E-state index contributed by atoms with van der Waals surface area (Å²) in [5.41, 5.74) is 0.513. The van der Waals surface area contributed by atoms with Crippen LogP contribution in [0.1, 0.15) is 30.1 Å². The molecule has 1 aromatic carbocycles. The summed E-state index contributed by atoms with van der Waals surface area (Å²) in [6, 6.07) is 5.31. The Hall–Kier alpha value is -1.55. The van der Waals surface area contributed by atoms with E-state index in [0.717, 1.165) is 25.7 Å². The van der Waals surface area contributed by atoms with E-state index in [1.165, 1.54) is 0 Å². The van der Waals surface area contributed by atoms with Crippen molar-refractivity contribution in [2.75, 3.05) is 19.8 Å². The minimum Gasteiger partial charge on any atom is -0.490 e. The van der Waals surface area contributed by atoms with Crippen molar-refractivity contribution in [3.05, 3.63) is 23.8 Å². The quantitative estimate of drug-likeness (QED) is 0.727. The fourth-order valence-corrected chi connectivity index (χ4v) is 2.00. The normalized spacial score (nSPS) is 18.6. The molecule has 0 aliphatic carbocycles. The number of carbonyl (C=O) groups is 1. The molecule has 1 atom stereocenters. The molecule has 4 heteroatoms. The van der Waals surface area contributed by atoms with E-state index in [4.69, 9.17) is 14.2 Å². The van der Waals surface area contributed by atoms with Crippen LogP contribution in [0.4, 0.5) is 0 Å². The first-order valence-electron chi connectivity index (χ1n) is 6.30. The summed E-state index contributed by atoms with van der Waals surface area (Å²) >= 11 is 0. The highest BCUT2D eigenvalue weighted by atomic mass is 16.5. The lowest BCUT2D eigenvalue weighted by Crippen LogP contribution is -2.17. The van der Waals surface area contributed by atoms with Crippen molar-refractivity contribution < 1.29 is 19.0 Å². The zero-order valence-electron chi connectivity index (χ0n) is 10.6. The average molecular weight is 250 g/mol. The summed E-state index contributed by atoms with van der Waals surface area (Å²) in [6.45, 7) is 3.70. The molecule has 0 N–H and O–H groups in total. The molecule has 1 saturated heterocycles. The van der Waals surface area contributed by atoms with Gasteiger partial charge in [0.1, 0.15) is 6.61 Å². The molecule has 0 bridgehead atoms. The van der Waals surface area contributed by atoms with Gasteiger partial charge in [0.15, 0.2) is 17.8 Å². The van der Waals surface area contributed by atoms with Gasteiger partial charge in [0.05, 0.1) is 18.3 Å². The van der Waals surface area contributed by atoms with Crippen LogP contribution in [0.15, 0.2) is 18.2 Å². The van der Waals surface area contributed by atoms with E-state index in [2.05, 4.69) is 0 Å². The molecule has 0 spiro atoms. The molecule has 2 rings (SSSR count). The lowest BCUT2D eigenvalue weighted by Gasteiger charge is -2.16. The second-order valence-electron chi connectivity index (χ2n) is 4.17. The maximum absolute atomic E-state index is 11.0. The zero-order chi connectivity index (χ0) is 12.8. The number of aldehydes is 1. The van der Waals surface area contributed by atoms with Crippen molar-refractivity contribution in [2.45, 2.75) is 25.9 Å². The molecule has 0 amide bonds. The van der Waals surface area contributed by atoms with Crippen LogP contribution in [0.5, 0.6) is 11.5 Å². The maximum Gasteiger partial charge on any atom is 0.171 e. The summed E-state index contributed by atoms with van der Waals surface area (Å²) in [6.07, 6.45) is 2.99. The van der Waals surface area contributed by atoms with E-state index < -0.39 is 0 Å². The van der Waals surface area contributed by atoms with Crippen molar-refractivity contribution in [1.82, 2.24) is 0 Å². The SMILES string of the molecule is CCOc1cccc(C=O)c1OCC1CCCO1. The number of benzene rings is 1. The first-order chi connectivity index (χ1) is 8.85. The first-order valence-corrected chi connectivity index (χ1v) is 6.30. The van der Waals surface area contributed by atoms with Gasteiger partial charge in [-0.25, -0.2) is 0 Å². The zero-order valence-corrected chi connectivity index (χ0v) is 10.6. The van der Waals surface area contributed by atoms with Gasteiger partial charge in [0.25, 0.3) is 0 Å². The van der Waals surface area contributed by atoms with E-state index in [1.54, 1.807) is 18.2 Å². The topological polar surface area (TPSA) is 44.8 Å². The van der Waals surface area contributed by atoms with Gasteiger partial charge in [0.2, 0.25) is 0 Å². The maximum atomic E-state index is 11.0. The van der Waals surface area contributed by atoms with Crippen LogP contribution >= 0.6 is 0 Å². The molecule has 98 valence electrons. The van der Waals surface area contributed by atoms with E-state index in [-0.39, 0.29) is 6.10 Å². The van der Waals surface area contributed by atoms with Crippen LogP contribution in [0.25, 0.3) is 0 Å². The van der Waals surface area contributed by atoms with Crippen LogP contribution in [0.3, 0.4) is 0 Å². The fraction of sp³-hybridized carbons (Fsp3) is 0.500. The summed E-state index contributed by atoms with van der Waals surface area (Å²) in [5, 5.41) is 0. The molecule has 1 aliphatic heterocycles. The molecule has 1 fully saturated rings. The predicted molar refractivity (Wildman–Crippen MR) is 67.5 cm³/mol. The second-order valence-corrected chi connectivity index (χ2v) is 4.17. The molecule has 1 heterocycles.